The molecule has 1 N–H and O–H groups in total. The molecule has 1 aliphatic heterocycles. The molecule has 2 aromatic carbocycles. The molecule has 1 atom stereocenters. The van der Waals surface area contributed by atoms with Gasteiger partial charge < -0.3 is 24.0 Å². The van der Waals surface area contributed by atoms with Crippen LogP contribution in [0.1, 0.15) is 38.3 Å². The molecule has 1 aliphatic rings. The first-order valence-corrected chi connectivity index (χ1v) is 11.7. The smallest absolute Gasteiger partial charge is 0.397 e. The molecule has 0 saturated carbocycles. The number of fused-ring (bicyclic) bond motifs is 1. The zero-order chi connectivity index (χ0) is 27.0. The van der Waals surface area contributed by atoms with E-state index >= 15 is 0 Å². The highest BCUT2D eigenvalue weighted by atomic mass is 19.1. The lowest BCUT2D eigenvalue weighted by atomic mass is 10.0. The molecule has 5 rings (SSSR count). The number of Topliss-reactive ketones (excluding diaryl/α,β-unsaturated/α-hetero) is 1. The van der Waals surface area contributed by atoms with Crippen molar-refractivity contribution in [2.75, 3.05) is 26.7 Å². The molecule has 1 unspecified atom stereocenters. The van der Waals surface area contributed by atoms with Crippen molar-refractivity contribution in [2.45, 2.75) is 13.0 Å². The molecular weight excluding hydrogens is 497 g/mol. The minimum Gasteiger partial charge on any atom is -0.462 e. The Morgan fingerprint density at radius 3 is 2.58 bits per heavy atom. The van der Waals surface area contributed by atoms with Crippen molar-refractivity contribution in [1.29, 1.82) is 0 Å². The lowest BCUT2D eigenvalue weighted by Crippen LogP contribution is -2.56. The van der Waals surface area contributed by atoms with Crippen molar-refractivity contribution in [1.82, 2.24) is 24.9 Å². The Bertz CT molecular complexity index is 1560. The van der Waals surface area contributed by atoms with E-state index < -0.39 is 35.4 Å². The second-order valence-corrected chi connectivity index (χ2v) is 8.76. The zero-order valence-corrected chi connectivity index (χ0v) is 20.4. The molecule has 1 fully saturated rings. The topological polar surface area (TPSA) is 139 Å². The molecule has 0 aliphatic carbocycles. The molecule has 0 radical (unpaired) electrons. The van der Waals surface area contributed by atoms with Crippen molar-refractivity contribution < 1.29 is 32.8 Å². The summed E-state index contributed by atoms with van der Waals surface area (Å²) in [4.78, 5) is 60.7. The molecule has 0 bridgehead atoms. The number of nitrogens with zero attached hydrogens (tertiary/aromatic N) is 4. The molecule has 11 nitrogen and oxygen atoms in total. The average molecular weight is 519 g/mol. The zero-order valence-electron chi connectivity index (χ0n) is 20.4. The molecular formula is C26H22FN5O6. The molecule has 38 heavy (non-hydrogen) atoms. The number of benzene rings is 2. The molecule has 1 saturated heterocycles. The second kappa shape index (κ2) is 9.88. The fourth-order valence-corrected chi connectivity index (χ4v) is 4.53. The molecule has 3 heterocycles. The average Bonchev–Trinajstić information content (AvgIpc) is 3.61. The molecule has 0 spiro atoms. The number of ether oxygens (including phenoxy) is 1. The standard InChI is InChI=1S/C26H22FN5O6/c1-14-13-31(24(34)15-6-4-3-5-7-15)10-11-32(14)25(35)21(33)17-12-28-20-16(8-9-18(27)19(17)20)22-29-23(38-30-22)26(36)37-2/h3-9,12,14,28H,10-11,13H2,1-2H3. The van der Waals surface area contributed by atoms with Crippen molar-refractivity contribution in [3.63, 3.8) is 0 Å². The summed E-state index contributed by atoms with van der Waals surface area (Å²) in [6.07, 6.45) is 1.25. The Hall–Kier alpha value is -4.87. The maximum Gasteiger partial charge on any atom is 0.397 e. The minimum atomic E-state index is -0.898. The van der Waals surface area contributed by atoms with Gasteiger partial charge in [0.1, 0.15) is 5.82 Å². The van der Waals surface area contributed by atoms with Crippen LogP contribution in [0.4, 0.5) is 4.39 Å². The Morgan fingerprint density at radius 1 is 1.11 bits per heavy atom. The summed E-state index contributed by atoms with van der Waals surface area (Å²) in [5.74, 6) is -3.85. The van der Waals surface area contributed by atoms with Gasteiger partial charge in [0.05, 0.1) is 18.2 Å². The van der Waals surface area contributed by atoms with E-state index in [4.69, 9.17) is 4.52 Å². The number of esters is 1. The van der Waals surface area contributed by atoms with E-state index in [2.05, 4.69) is 19.9 Å². The number of ketones is 1. The summed E-state index contributed by atoms with van der Waals surface area (Å²) >= 11 is 0. The normalized spacial score (nSPS) is 15.5. The number of aromatic nitrogens is 3. The first kappa shape index (κ1) is 24.8. The number of aromatic amines is 1. The fourth-order valence-electron chi connectivity index (χ4n) is 4.53. The van der Waals surface area contributed by atoms with Gasteiger partial charge in [-0.25, -0.2) is 9.18 Å². The third kappa shape index (κ3) is 4.29. The first-order valence-electron chi connectivity index (χ1n) is 11.7. The number of hydrogen-bond donors (Lipinski definition) is 1. The van der Waals surface area contributed by atoms with Crippen LogP contribution in [0.25, 0.3) is 22.3 Å². The number of halogens is 1. The van der Waals surface area contributed by atoms with E-state index in [0.29, 0.717) is 5.56 Å². The third-order valence-electron chi connectivity index (χ3n) is 6.45. The Labute approximate surface area is 215 Å². The van der Waals surface area contributed by atoms with Crippen molar-refractivity contribution >= 4 is 34.5 Å². The summed E-state index contributed by atoms with van der Waals surface area (Å²) in [6, 6.07) is 10.8. The van der Waals surface area contributed by atoms with Crippen LogP contribution in [0.2, 0.25) is 0 Å². The summed E-state index contributed by atoms with van der Waals surface area (Å²) in [7, 11) is 1.16. The number of H-pyrrole nitrogens is 1. The number of carbonyl (C=O) groups is 4. The van der Waals surface area contributed by atoms with E-state index in [1.807, 2.05) is 6.07 Å². The Kier molecular flexibility index (Phi) is 6.45. The number of rotatable bonds is 5. The highest BCUT2D eigenvalue weighted by Gasteiger charge is 2.35. The number of amides is 2. The summed E-state index contributed by atoms with van der Waals surface area (Å²) in [5.41, 5.74) is 0.801. The summed E-state index contributed by atoms with van der Waals surface area (Å²) in [5, 5.41) is 3.61. The van der Waals surface area contributed by atoms with Gasteiger partial charge in [-0.3, -0.25) is 14.4 Å². The Balaban J connectivity index is 1.38. The van der Waals surface area contributed by atoms with Crippen LogP contribution in [-0.4, -0.2) is 81.3 Å². The van der Waals surface area contributed by atoms with Gasteiger partial charge in [0.15, 0.2) is 0 Å². The maximum absolute atomic E-state index is 14.9. The van der Waals surface area contributed by atoms with Crippen LogP contribution >= 0.6 is 0 Å². The third-order valence-corrected chi connectivity index (χ3v) is 6.45. The monoisotopic (exact) mass is 519 g/mol. The van der Waals surface area contributed by atoms with E-state index in [1.165, 1.54) is 17.2 Å². The number of methoxy groups -OCH3 is 1. The number of nitrogens with one attached hydrogen (secondary N) is 1. The summed E-state index contributed by atoms with van der Waals surface area (Å²) < 4.78 is 24.4. The van der Waals surface area contributed by atoms with Crippen LogP contribution in [0.5, 0.6) is 0 Å². The van der Waals surface area contributed by atoms with Crippen LogP contribution in [0, 0.1) is 5.82 Å². The molecule has 2 aromatic heterocycles. The van der Waals surface area contributed by atoms with Gasteiger partial charge in [-0.1, -0.05) is 23.4 Å². The van der Waals surface area contributed by atoms with Gasteiger partial charge in [-0.2, -0.15) is 4.98 Å². The largest absolute Gasteiger partial charge is 0.462 e. The molecule has 4 aromatic rings. The van der Waals surface area contributed by atoms with E-state index in [9.17, 15) is 23.6 Å². The van der Waals surface area contributed by atoms with Crippen LogP contribution in [0.15, 0.2) is 53.2 Å². The van der Waals surface area contributed by atoms with Crippen molar-refractivity contribution in [3.8, 4) is 11.4 Å². The summed E-state index contributed by atoms with van der Waals surface area (Å²) in [6.45, 7) is 2.40. The Morgan fingerprint density at radius 2 is 1.87 bits per heavy atom. The lowest BCUT2D eigenvalue weighted by molar-refractivity contribution is -0.130. The van der Waals surface area contributed by atoms with Gasteiger partial charge in [-0.05, 0) is 31.2 Å². The van der Waals surface area contributed by atoms with Gasteiger partial charge in [0.2, 0.25) is 5.82 Å². The number of hydrogen-bond acceptors (Lipinski definition) is 8. The lowest BCUT2D eigenvalue weighted by Gasteiger charge is -2.39. The quantitative estimate of drug-likeness (QED) is 0.241. The van der Waals surface area contributed by atoms with Gasteiger partial charge in [0, 0.05) is 48.4 Å². The van der Waals surface area contributed by atoms with E-state index in [1.54, 1.807) is 36.1 Å². The highest BCUT2D eigenvalue weighted by molar-refractivity contribution is 6.45. The van der Waals surface area contributed by atoms with E-state index in [0.717, 1.165) is 13.2 Å². The second-order valence-electron chi connectivity index (χ2n) is 8.76. The van der Waals surface area contributed by atoms with Gasteiger partial charge in [0.25, 0.3) is 17.6 Å². The molecule has 194 valence electrons. The highest BCUT2D eigenvalue weighted by Crippen LogP contribution is 2.31. The maximum atomic E-state index is 14.9. The predicted molar refractivity (Wildman–Crippen MR) is 131 cm³/mol. The van der Waals surface area contributed by atoms with Crippen LogP contribution in [0.3, 0.4) is 0 Å². The molecule has 12 heteroatoms. The fraction of sp³-hybridized carbons (Fsp3) is 0.231. The molecule has 2 amide bonds. The van der Waals surface area contributed by atoms with Gasteiger partial charge >= 0.3 is 11.9 Å². The van der Waals surface area contributed by atoms with Crippen LogP contribution in [-0.2, 0) is 9.53 Å². The minimum absolute atomic E-state index is 0.0320. The van der Waals surface area contributed by atoms with Crippen LogP contribution < -0.4 is 0 Å². The predicted octanol–water partition coefficient (Wildman–Crippen LogP) is 2.70. The SMILES string of the molecule is COC(=O)c1nc(-c2ccc(F)c3c(C(=O)C(=O)N4CCN(C(=O)c5ccccc5)CC4C)c[nH]c23)no1. The number of piperazine rings is 1. The van der Waals surface area contributed by atoms with Crippen molar-refractivity contribution in [2.24, 2.45) is 0 Å². The van der Waals surface area contributed by atoms with Crippen molar-refractivity contribution in [3.05, 3.63) is 71.5 Å². The van der Waals surface area contributed by atoms with E-state index in [-0.39, 0.29) is 53.4 Å². The van der Waals surface area contributed by atoms with Gasteiger partial charge in [-0.15, -0.1) is 0 Å². The number of carbonyl (C=O) groups excluding carboxylic acids is 4. The first-order chi connectivity index (χ1) is 18.3.